The molecule has 0 radical (unpaired) electrons. The van der Waals surface area contributed by atoms with Crippen molar-refractivity contribution in [1.82, 2.24) is 4.90 Å². The van der Waals surface area contributed by atoms with E-state index in [0.29, 0.717) is 0 Å². The molecule has 13 heavy (non-hydrogen) atoms. The van der Waals surface area contributed by atoms with Gasteiger partial charge in [-0.1, -0.05) is 12.2 Å². The molecule has 1 aliphatic rings. The summed E-state index contributed by atoms with van der Waals surface area (Å²) >= 11 is -2.35. The van der Waals surface area contributed by atoms with Crippen LogP contribution in [0.25, 0.3) is 0 Å². The first-order valence-electron chi connectivity index (χ1n) is 4.39. The van der Waals surface area contributed by atoms with Crippen LogP contribution in [0.15, 0.2) is 12.2 Å². The van der Waals surface area contributed by atoms with Crippen LogP contribution < -0.4 is 0 Å². The van der Waals surface area contributed by atoms with Crippen molar-refractivity contribution in [2.24, 2.45) is 0 Å². The summed E-state index contributed by atoms with van der Waals surface area (Å²) in [5.41, 5.74) is 0. The van der Waals surface area contributed by atoms with Crippen molar-refractivity contribution >= 4 is 11.4 Å². The Balaban J connectivity index is 1.99. The van der Waals surface area contributed by atoms with Gasteiger partial charge in [-0.25, -0.2) is 4.21 Å². The summed E-state index contributed by atoms with van der Waals surface area (Å²) in [6, 6.07) is 0. The molecule has 0 aromatic rings. The van der Waals surface area contributed by atoms with E-state index in [9.17, 15) is 8.76 Å². The Hall–Kier alpha value is -0.230. The highest BCUT2D eigenvalue weighted by molar-refractivity contribution is 7.74. The van der Waals surface area contributed by atoms with Crippen LogP contribution in [-0.4, -0.2) is 39.9 Å². The molecule has 1 atom stereocenters. The van der Waals surface area contributed by atoms with Crippen LogP contribution >= 0.6 is 0 Å². The van der Waals surface area contributed by atoms with E-state index in [1.807, 2.05) is 0 Å². The van der Waals surface area contributed by atoms with Crippen molar-refractivity contribution in [3.05, 3.63) is 12.2 Å². The van der Waals surface area contributed by atoms with Crippen LogP contribution in [0.2, 0.25) is 0 Å². The van der Waals surface area contributed by atoms with E-state index in [4.69, 9.17) is 0 Å². The van der Waals surface area contributed by atoms with Crippen LogP contribution in [0.1, 0.15) is 12.8 Å². The Kier molecular flexibility index (Phi) is 5.22. The lowest BCUT2D eigenvalue weighted by Gasteiger charge is -2.22. The molecule has 0 saturated heterocycles. The first-order chi connectivity index (χ1) is 6.29. The number of rotatable bonds is 5. The minimum Gasteiger partial charge on any atom is -0.750 e. The van der Waals surface area contributed by atoms with E-state index in [-0.39, 0.29) is 6.61 Å². The maximum Gasteiger partial charge on any atom is 0.0842 e. The van der Waals surface area contributed by atoms with Gasteiger partial charge in [-0.05, 0) is 12.8 Å². The van der Waals surface area contributed by atoms with Crippen LogP contribution in [0.5, 0.6) is 0 Å². The van der Waals surface area contributed by atoms with Crippen LogP contribution in [-0.2, 0) is 15.5 Å². The van der Waals surface area contributed by atoms with Gasteiger partial charge >= 0.3 is 0 Å². The predicted octanol–water partition coefficient (Wildman–Crippen LogP) is 0.449. The largest absolute Gasteiger partial charge is 0.750 e. The fraction of sp³-hybridized carbons (Fsp3) is 0.750. The standard InChI is InChI=1S/C8H15NO3S/c10-13(11)12-8-4-7-9-5-2-1-3-6-9/h1-2H,3-8H2,(H,10,11)/p-1. The third-order valence-corrected chi connectivity index (χ3v) is 2.30. The number of nitrogens with zero attached hydrogens (tertiary/aromatic N) is 1. The van der Waals surface area contributed by atoms with E-state index in [1.165, 1.54) is 0 Å². The van der Waals surface area contributed by atoms with Crippen molar-refractivity contribution in [2.45, 2.75) is 12.8 Å². The Morgan fingerprint density at radius 2 is 2.38 bits per heavy atom. The topological polar surface area (TPSA) is 52.6 Å². The van der Waals surface area contributed by atoms with Gasteiger partial charge in [-0.15, -0.1) is 0 Å². The van der Waals surface area contributed by atoms with Crippen molar-refractivity contribution in [3.8, 4) is 0 Å². The normalized spacial score (nSPS) is 20.4. The van der Waals surface area contributed by atoms with Gasteiger partial charge in [0.2, 0.25) is 0 Å². The van der Waals surface area contributed by atoms with Gasteiger partial charge in [0.15, 0.2) is 0 Å². The molecule has 5 heteroatoms. The van der Waals surface area contributed by atoms with Gasteiger partial charge in [0.05, 0.1) is 18.0 Å². The lowest BCUT2D eigenvalue weighted by Crippen LogP contribution is -2.28. The molecule has 1 unspecified atom stereocenters. The quantitative estimate of drug-likeness (QED) is 0.370. The summed E-state index contributed by atoms with van der Waals surface area (Å²) in [6.45, 7) is 3.23. The number of hydrogen-bond donors (Lipinski definition) is 0. The van der Waals surface area contributed by atoms with E-state index < -0.39 is 11.4 Å². The highest BCUT2D eigenvalue weighted by Gasteiger charge is 2.04. The molecule has 1 heterocycles. The first kappa shape index (κ1) is 10.8. The summed E-state index contributed by atoms with van der Waals surface area (Å²) in [6.07, 6.45) is 6.16. The van der Waals surface area contributed by atoms with E-state index >= 15 is 0 Å². The molecule has 0 N–H and O–H groups in total. The Bertz CT molecular complexity index is 196. The summed E-state index contributed by atoms with van der Waals surface area (Å²) in [5, 5.41) is 0. The van der Waals surface area contributed by atoms with Gasteiger partial charge in [-0.3, -0.25) is 4.90 Å². The molecular formula is C8H14NO3S-. The van der Waals surface area contributed by atoms with Crippen LogP contribution in [0.4, 0.5) is 0 Å². The third-order valence-electron chi connectivity index (χ3n) is 1.94. The molecule has 76 valence electrons. The zero-order valence-electron chi connectivity index (χ0n) is 7.48. The summed E-state index contributed by atoms with van der Waals surface area (Å²) < 4.78 is 24.4. The molecule has 0 aromatic carbocycles. The Labute approximate surface area is 81.1 Å². The maximum absolute atomic E-state index is 10.0. The fourth-order valence-corrected chi connectivity index (χ4v) is 1.56. The third kappa shape index (κ3) is 5.15. The first-order valence-corrected chi connectivity index (χ1v) is 5.39. The fourth-order valence-electron chi connectivity index (χ4n) is 1.31. The molecule has 4 nitrogen and oxygen atoms in total. The molecule has 0 amide bonds. The van der Waals surface area contributed by atoms with Gasteiger partial charge in [-0.2, -0.15) is 0 Å². The van der Waals surface area contributed by atoms with Gasteiger partial charge in [0.1, 0.15) is 0 Å². The minimum atomic E-state index is -2.35. The van der Waals surface area contributed by atoms with Gasteiger partial charge < -0.3 is 8.74 Å². The molecule has 1 rings (SSSR count). The Morgan fingerprint density at radius 3 is 3.00 bits per heavy atom. The second-order valence-electron chi connectivity index (χ2n) is 2.94. The van der Waals surface area contributed by atoms with E-state index in [1.54, 1.807) is 0 Å². The van der Waals surface area contributed by atoms with E-state index in [0.717, 1.165) is 32.5 Å². The highest BCUT2D eigenvalue weighted by atomic mass is 32.2. The number of hydrogen-bond acceptors (Lipinski definition) is 4. The van der Waals surface area contributed by atoms with Crippen molar-refractivity contribution < 1.29 is 12.9 Å². The average molecular weight is 204 g/mol. The minimum absolute atomic E-state index is 0.288. The highest BCUT2D eigenvalue weighted by Crippen LogP contribution is 2.01. The van der Waals surface area contributed by atoms with Gasteiger partial charge in [0.25, 0.3) is 0 Å². The molecule has 0 aliphatic carbocycles. The van der Waals surface area contributed by atoms with E-state index in [2.05, 4.69) is 21.2 Å². The lowest BCUT2D eigenvalue weighted by molar-refractivity contribution is 0.244. The van der Waals surface area contributed by atoms with Crippen molar-refractivity contribution in [3.63, 3.8) is 0 Å². The molecule has 0 saturated carbocycles. The van der Waals surface area contributed by atoms with Crippen LogP contribution in [0.3, 0.4) is 0 Å². The smallest absolute Gasteiger partial charge is 0.0842 e. The second-order valence-corrected chi connectivity index (χ2v) is 3.58. The predicted molar refractivity (Wildman–Crippen MR) is 49.7 cm³/mol. The lowest BCUT2D eigenvalue weighted by atomic mass is 10.2. The van der Waals surface area contributed by atoms with Gasteiger partial charge in [0, 0.05) is 19.6 Å². The molecule has 0 spiro atoms. The van der Waals surface area contributed by atoms with Crippen LogP contribution in [0, 0.1) is 0 Å². The van der Waals surface area contributed by atoms with Crippen molar-refractivity contribution in [1.29, 1.82) is 0 Å². The monoisotopic (exact) mass is 204 g/mol. The molecule has 0 aromatic heterocycles. The molecule has 1 aliphatic heterocycles. The SMILES string of the molecule is O=S([O-])OCCCN1CC=CCC1. The molecule has 0 fully saturated rings. The second kappa shape index (κ2) is 6.26. The maximum atomic E-state index is 10.0. The Morgan fingerprint density at radius 1 is 1.54 bits per heavy atom. The zero-order valence-corrected chi connectivity index (χ0v) is 8.29. The summed E-state index contributed by atoms with van der Waals surface area (Å²) in [5.74, 6) is 0. The summed E-state index contributed by atoms with van der Waals surface area (Å²) in [7, 11) is 0. The van der Waals surface area contributed by atoms with Crippen molar-refractivity contribution in [2.75, 3.05) is 26.2 Å². The summed E-state index contributed by atoms with van der Waals surface area (Å²) in [4.78, 5) is 2.27. The zero-order chi connectivity index (χ0) is 9.52. The molecular weight excluding hydrogens is 190 g/mol. The molecule has 0 bridgehead atoms. The average Bonchev–Trinajstić information content (AvgIpc) is 2.14.